The summed E-state index contributed by atoms with van der Waals surface area (Å²) < 4.78 is 16.9. The molecule has 0 aliphatic heterocycles. The van der Waals surface area contributed by atoms with Crippen LogP contribution in [0.3, 0.4) is 0 Å². The van der Waals surface area contributed by atoms with E-state index in [-0.39, 0.29) is 23.6 Å². The van der Waals surface area contributed by atoms with Crippen LogP contribution in [0.4, 0.5) is 5.69 Å². The van der Waals surface area contributed by atoms with Gasteiger partial charge in [0, 0.05) is 12.8 Å². The van der Waals surface area contributed by atoms with E-state index in [1.54, 1.807) is 51.5 Å². The van der Waals surface area contributed by atoms with Crippen molar-refractivity contribution in [2.24, 2.45) is 4.99 Å². The molecule has 34 heavy (non-hydrogen) atoms. The maximum Gasteiger partial charge on any atom is 0.271 e. The van der Waals surface area contributed by atoms with Crippen molar-refractivity contribution in [1.29, 1.82) is 5.26 Å². The minimum atomic E-state index is -0.567. The zero-order valence-corrected chi connectivity index (χ0v) is 20.0. The summed E-state index contributed by atoms with van der Waals surface area (Å²) in [5.41, 5.74) is 1.38. The first kappa shape index (κ1) is 24.7. The van der Waals surface area contributed by atoms with Crippen LogP contribution < -0.4 is 19.8 Å². The van der Waals surface area contributed by atoms with E-state index in [0.29, 0.717) is 39.9 Å². The predicted molar refractivity (Wildman–Crippen MR) is 130 cm³/mol. The fraction of sp³-hybridized carbons (Fsp3) is 0.240. The molecule has 0 aliphatic rings. The van der Waals surface area contributed by atoms with E-state index in [9.17, 15) is 15.2 Å². The van der Waals surface area contributed by atoms with Crippen LogP contribution >= 0.6 is 11.6 Å². The first-order valence-corrected chi connectivity index (χ1v) is 10.7. The molecule has 0 radical (unpaired) electrons. The highest BCUT2D eigenvalue weighted by molar-refractivity contribution is 6.32. The Bertz CT molecular complexity index is 1340. The Labute approximate surface area is 202 Å². The summed E-state index contributed by atoms with van der Waals surface area (Å²) in [6, 6.07) is 12.3. The standard InChI is InChI=1S/C25H24ClN3O5/c1-15-18(13-27)24(30)29(10-9-16-5-7-22(33-3)23(11-16)34-4)25(31)19(15)14-28-17-6-8-21(32-2)20(26)12-17/h5-8,11-12,14,31H,9-10H2,1-4H3. The largest absolute Gasteiger partial charge is 0.495 e. The number of ether oxygens (including phenoxy) is 3. The molecule has 0 atom stereocenters. The van der Waals surface area contributed by atoms with Crippen LogP contribution in [-0.2, 0) is 13.0 Å². The van der Waals surface area contributed by atoms with Crippen molar-refractivity contribution in [3.63, 3.8) is 0 Å². The zero-order chi connectivity index (χ0) is 24.8. The summed E-state index contributed by atoms with van der Waals surface area (Å²) in [6.45, 7) is 1.74. The third-order valence-corrected chi connectivity index (χ3v) is 5.69. The van der Waals surface area contributed by atoms with Gasteiger partial charge >= 0.3 is 0 Å². The number of nitrogens with zero attached hydrogens (tertiary/aromatic N) is 3. The summed E-state index contributed by atoms with van der Waals surface area (Å²) in [6.07, 6.45) is 1.82. The smallest absolute Gasteiger partial charge is 0.271 e. The van der Waals surface area contributed by atoms with Crippen molar-refractivity contribution in [3.05, 3.63) is 74.0 Å². The molecule has 0 amide bonds. The number of benzene rings is 2. The summed E-state index contributed by atoms with van der Waals surface area (Å²) >= 11 is 6.15. The second-order valence-electron chi connectivity index (χ2n) is 7.32. The Morgan fingerprint density at radius 3 is 2.38 bits per heavy atom. The summed E-state index contributed by atoms with van der Waals surface area (Å²) in [5.74, 6) is 1.38. The van der Waals surface area contributed by atoms with Crippen LogP contribution in [0.25, 0.3) is 0 Å². The van der Waals surface area contributed by atoms with Gasteiger partial charge in [-0.25, -0.2) is 0 Å². The highest BCUT2D eigenvalue weighted by Gasteiger charge is 2.18. The molecule has 3 rings (SSSR count). The van der Waals surface area contributed by atoms with Gasteiger partial charge in [-0.2, -0.15) is 5.26 Å². The number of halogens is 1. The van der Waals surface area contributed by atoms with Crippen LogP contribution in [-0.4, -0.2) is 37.2 Å². The van der Waals surface area contributed by atoms with Gasteiger partial charge in [0.25, 0.3) is 5.56 Å². The Hall–Kier alpha value is -3.96. The monoisotopic (exact) mass is 481 g/mol. The third kappa shape index (κ3) is 5.00. The van der Waals surface area contributed by atoms with Crippen molar-refractivity contribution in [2.45, 2.75) is 19.9 Å². The van der Waals surface area contributed by atoms with Crippen LogP contribution in [0, 0.1) is 18.3 Å². The van der Waals surface area contributed by atoms with Gasteiger partial charge in [-0.05, 0) is 54.8 Å². The van der Waals surface area contributed by atoms with E-state index in [1.165, 1.54) is 17.9 Å². The minimum absolute atomic E-state index is 0.0562. The molecular formula is C25H24ClN3O5. The van der Waals surface area contributed by atoms with E-state index < -0.39 is 5.56 Å². The van der Waals surface area contributed by atoms with Crippen molar-refractivity contribution < 1.29 is 19.3 Å². The number of hydrogen-bond acceptors (Lipinski definition) is 7. The van der Waals surface area contributed by atoms with Crippen LogP contribution in [0.2, 0.25) is 5.02 Å². The molecule has 1 aromatic heterocycles. The number of aromatic hydroxyl groups is 1. The Balaban J connectivity index is 1.98. The van der Waals surface area contributed by atoms with Gasteiger partial charge in [0.1, 0.15) is 17.4 Å². The lowest BCUT2D eigenvalue weighted by molar-refractivity contribution is 0.354. The van der Waals surface area contributed by atoms with E-state index in [4.69, 9.17) is 25.8 Å². The summed E-state index contributed by atoms with van der Waals surface area (Å²) in [5, 5.41) is 20.9. The molecule has 0 saturated carbocycles. The number of aromatic nitrogens is 1. The molecule has 0 fully saturated rings. The van der Waals surface area contributed by atoms with E-state index in [0.717, 1.165) is 5.56 Å². The molecule has 0 bridgehead atoms. The van der Waals surface area contributed by atoms with Crippen LogP contribution in [0.5, 0.6) is 23.1 Å². The highest BCUT2D eigenvalue weighted by Crippen LogP contribution is 2.30. The van der Waals surface area contributed by atoms with Gasteiger partial charge in [-0.15, -0.1) is 0 Å². The van der Waals surface area contributed by atoms with Crippen molar-refractivity contribution in [2.75, 3.05) is 21.3 Å². The average Bonchev–Trinajstić information content (AvgIpc) is 2.84. The lowest BCUT2D eigenvalue weighted by Gasteiger charge is -2.15. The Kier molecular flexibility index (Phi) is 7.82. The normalized spacial score (nSPS) is 10.8. The van der Waals surface area contributed by atoms with Crippen LogP contribution in [0.15, 0.2) is 46.2 Å². The number of hydrogen-bond donors (Lipinski definition) is 1. The Morgan fingerprint density at radius 2 is 1.76 bits per heavy atom. The second kappa shape index (κ2) is 10.8. The molecule has 0 spiro atoms. The van der Waals surface area contributed by atoms with E-state index in [2.05, 4.69) is 4.99 Å². The van der Waals surface area contributed by atoms with Gasteiger partial charge < -0.3 is 19.3 Å². The van der Waals surface area contributed by atoms with Crippen molar-refractivity contribution >= 4 is 23.5 Å². The highest BCUT2D eigenvalue weighted by atomic mass is 35.5. The first-order chi connectivity index (χ1) is 16.3. The zero-order valence-electron chi connectivity index (χ0n) is 19.3. The van der Waals surface area contributed by atoms with Gasteiger partial charge in [-0.3, -0.25) is 14.4 Å². The molecular weight excluding hydrogens is 458 g/mol. The number of methoxy groups -OCH3 is 3. The molecule has 1 N–H and O–H groups in total. The fourth-order valence-corrected chi connectivity index (χ4v) is 3.74. The molecule has 0 unspecified atom stereocenters. The second-order valence-corrected chi connectivity index (χ2v) is 7.73. The van der Waals surface area contributed by atoms with E-state index >= 15 is 0 Å². The number of nitriles is 1. The third-order valence-electron chi connectivity index (χ3n) is 5.40. The minimum Gasteiger partial charge on any atom is -0.495 e. The number of pyridine rings is 1. The molecule has 8 nitrogen and oxygen atoms in total. The summed E-state index contributed by atoms with van der Waals surface area (Å²) in [4.78, 5) is 17.2. The van der Waals surface area contributed by atoms with E-state index in [1.807, 2.05) is 12.1 Å². The topological polar surface area (TPSA) is 106 Å². The average molecular weight is 482 g/mol. The van der Waals surface area contributed by atoms with Gasteiger partial charge in [0.05, 0.1) is 37.6 Å². The SMILES string of the molecule is COc1ccc(N=Cc2c(C)c(C#N)c(=O)n(CCc3ccc(OC)c(OC)c3)c2O)cc1Cl. The molecule has 0 aliphatic carbocycles. The maximum absolute atomic E-state index is 12.9. The first-order valence-electron chi connectivity index (χ1n) is 10.3. The fourth-order valence-electron chi connectivity index (χ4n) is 3.48. The molecule has 176 valence electrons. The molecule has 2 aromatic carbocycles. The van der Waals surface area contributed by atoms with Gasteiger partial charge in [0.15, 0.2) is 11.5 Å². The van der Waals surface area contributed by atoms with Gasteiger partial charge in [0.2, 0.25) is 5.88 Å². The lowest BCUT2D eigenvalue weighted by Crippen LogP contribution is -2.26. The quantitative estimate of drug-likeness (QED) is 0.478. The predicted octanol–water partition coefficient (Wildman–Crippen LogP) is 4.41. The van der Waals surface area contributed by atoms with Gasteiger partial charge in [-0.1, -0.05) is 17.7 Å². The number of aliphatic imine (C=N–C) groups is 1. The lowest BCUT2D eigenvalue weighted by atomic mass is 10.1. The molecule has 0 saturated heterocycles. The number of rotatable bonds is 8. The molecule has 9 heteroatoms. The maximum atomic E-state index is 12.9. The van der Waals surface area contributed by atoms with Crippen LogP contribution in [0.1, 0.15) is 22.3 Å². The Morgan fingerprint density at radius 1 is 1.09 bits per heavy atom. The summed E-state index contributed by atoms with van der Waals surface area (Å²) in [7, 11) is 4.60. The molecule has 3 aromatic rings. The molecule has 1 heterocycles. The van der Waals surface area contributed by atoms with Crippen molar-refractivity contribution in [1.82, 2.24) is 4.57 Å². The number of aryl methyl sites for hydroxylation is 1. The van der Waals surface area contributed by atoms with Crippen molar-refractivity contribution in [3.8, 4) is 29.2 Å².